The molecule has 0 saturated heterocycles. The monoisotopic (exact) mass is 481 g/mol. The first kappa shape index (κ1) is 22.2. The number of fused-ring (bicyclic) bond motifs is 2. The number of nitrogens with two attached hydrogens (primary N) is 1. The number of anilines is 2. The Morgan fingerprint density at radius 1 is 0.972 bits per heavy atom. The summed E-state index contributed by atoms with van der Waals surface area (Å²) in [6.07, 6.45) is 0.511. The molecule has 0 spiro atoms. The van der Waals surface area contributed by atoms with E-state index in [1.807, 2.05) is 83.8 Å². The van der Waals surface area contributed by atoms with Gasteiger partial charge in [-0.2, -0.15) is 0 Å². The van der Waals surface area contributed by atoms with Crippen LogP contribution in [0.15, 0.2) is 78.9 Å². The molecule has 182 valence electrons. The van der Waals surface area contributed by atoms with E-state index in [-0.39, 0.29) is 12.7 Å². The molecule has 1 aromatic heterocycles. The van der Waals surface area contributed by atoms with Crippen LogP contribution in [0.4, 0.5) is 11.5 Å². The van der Waals surface area contributed by atoms with Crippen LogP contribution in [-0.4, -0.2) is 39.7 Å². The molecule has 1 amide bonds. The van der Waals surface area contributed by atoms with Crippen molar-refractivity contribution in [3.63, 3.8) is 0 Å². The number of nitrogens with one attached hydrogen (secondary N) is 1. The molecule has 1 unspecified atom stereocenters. The lowest BCUT2D eigenvalue weighted by molar-refractivity contribution is -0.134. The summed E-state index contributed by atoms with van der Waals surface area (Å²) in [4.78, 5) is 20.0. The smallest absolute Gasteiger partial charge is 0.240 e. The highest BCUT2D eigenvalue weighted by atomic mass is 16.7. The number of carbonyl (C=O) groups excluding carboxylic acids is 1. The minimum Gasteiger partial charge on any atom is -0.454 e. The van der Waals surface area contributed by atoms with E-state index in [1.54, 1.807) is 0 Å². The van der Waals surface area contributed by atoms with Gasteiger partial charge in [0.15, 0.2) is 11.5 Å². The number of rotatable bonds is 6. The third-order valence-electron chi connectivity index (χ3n) is 6.58. The molecule has 0 radical (unpaired) electrons. The molecule has 0 bridgehead atoms. The molecule has 0 saturated carbocycles. The van der Waals surface area contributed by atoms with Crippen LogP contribution >= 0.6 is 0 Å². The number of hydrogen-bond acceptors (Lipinski definition) is 6. The maximum absolute atomic E-state index is 13.2. The normalized spacial score (nSPS) is 14.9. The number of amides is 1. The summed E-state index contributed by atoms with van der Waals surface area (Å²) in [6, 6.07) is 25.1. The lowest BCUT2D eigenvalue weighted by Gasteiger charge is -2.30. The molecular weight excluding hydrogens is 454 g/mol. The van der Waals surface area contributed by atoms with Crippen molar-refractivity contribution in [1.29, 1.82) is 0 Å². The van der Waals surface area contributed by atoms with Gasteiger partial charge in [0.2, 0.25) is 12.7 Å². The fourth-order valence-electron chi connectivity index (χ4n) is 4.74. The molecule has 8 nitrogen and oxygen atoms in total. The Morgan fingerprint density at radius 2 is 1.72 bits per heavy atom. The zero-order chi connectivity index (χ0) is 24.5. The number of nitrogens with zero attached hydrogens (tertiary/aromatic N) is 3. The standard InChI is InChI=1S/C28H27N5O3/c29-22(15-19-7-3-1-4-8-19)28(34)32-13-14-33-25(17-32)31-26(20-9-5-2-6-10-20)27(33)30-21-11-12-23-24(16-21)36-18-35-23/h1-12,16,22,30H,13-15,17-18,29H2. The number of imidazole rings is 1. The third-order valence-corrected chi connectivity index (χ3v) is 6.58. The van der Waals surface area contributed by atoms with E-state index in [2.05, 4.69) is 9.88 Å². The predicted molar refractivity (Wildman–Crippen MR) is 137 cm³/mol. The van der Waals surface area contributed by atoms with E-state index < -0.39 is 6.04 Å². The minimum atomic E-state index is -0.589. The summed E-state index contributed by atoms with van der Waals surface area (Å²) in [5.74, 6) is 3.10. The highest BCUT2D eigenvalue weighted by Crippen LogP contribution is 2.38. The van der Waals surface area contributed by atoms with E-state index in [1.165, 1.54) is 0 Å². The van der Waals surface area contributed by atoms with E-state index in [0.717, 1.165) is 39.9 Å². The zero-order valence-electron chi connectivity index (χ0n) is 19.8. The van der Waals surface area contributed by atoms with Crippen LogP contribution in [0.5, 0.6) is 11.5 Å². The second-order valence-corrected chi connectivity index (χ2v) is 8.99. The molecule has 0 aliphatic carbocycles. The Balaban J connectivity index is 1.28. The molecule has 6 rings (SSSR count). The first-order valence-electron chi connectivity index (χ1n) is 12.1. The quantitative estimate of drug-likeness (QED) is 0.433. The second-order valence-electron chi connectivity index (χ2n) is 8.99. The molecule has 3 aromatic carbocycles. The van der Waals surface area contributed by atoms with Gasteiger partial charge in [-0.15, -0.1) is 0 Å². The molecule has 4 aromatic rings. The van der Waals surface area contributed by atoms with Gasteiger partial charge < -0.3 is 30.0 Å². The molecular formula is C28H27N5O3. The molecule has 3 N–H and O–H groups in total. The fraction of sp³-hybridized carbons (Fsp3) is 0.214. The van der Waals surface area contributed by atoms with Gasteiger partial charge in [0.25, 0.3) is 0 Å². The highest BCUT2D eigenvalue weighted by Gasteiger charge is 2.29. The fourth-order valence-corrected chi connectivity index (χ4v) is 4.74. The van der Waals surface area contributed by atoms with Crippen LogP contribution in [0.25, 0.3) is 11.3 Å². The Labute approximate surface area is 209 Å². The summed E-state index contributed by atoms with van der Waals surface area (Å²) in [5, 5.41) is 3.55. The van der Waals surface area contributed by atoms with Gasteiger partial charge in [-0.3, -0.25) is 4.79 Å². The van der Waals surface area contributed by atoms with Gasteiger partial charge in [-0.1, -0.05) is 60.7 Å². The van der Waals surface area contributed by atoms with Crippen molar-refractivity contribution >= 4 is 17.4 Å². The highest BCUT2D eigenvalue weighted by molar-refractivity contribution is 5.82. The molecule has 3 heterocycles. The lowest BCUT2D eigenvalue weighted by Crippen LogP contribution is -2.47. The van der Waals surface area contributed by atoms with E-state index >= 15 is 0 Å². The van der Waals surface area contributed by atoms with Crippen LogP contribution in [0.1, 0.15) is 11.4 Å². The predicted octanol–water partition coefficient (Wildman–Crippen LogP) is 3.93. The number of aromatic nitrogens is 2. The van der Waals surface area contributed by atoms with Crippen molar-refractivity contribution < 1.29 is 14.3 Å². The van der Waals surface area contributed by atoms with Crippen LogP contribution in [0.3, 0.4) is 0 Å². The Kier molecular flexibility index (Phi) is 5.79. The van der Waals surface area contributed by atoms with E-state index in [0.29, 0.717) is 31.8 Å². The van der Waals surface area contributed by atoms with E-state index in [9.17, 15) is 4.79 Å². The maximum Gasteiger partial charge on any atom is 0.240 e. The molecule has 8 heteroatoms. The van der Waals surface area contributed by atoms with Crippen molar-refractivity contribution in [2.75, 3.05) is 18.7 Å². The summed E-state index contributed by atoms with van der Waals surface area (Å²) >= 11 is 0. The molecule has 0 fully saturated rings. The molecule has 2 aliphatic rings. The van der Waals surface area contributed by atoms with Gasteiger partial charge in [0, 0.05) is 30.4 Å². The molecule has 1 atom stereocenters. The third kappa shape index (κ3) is 4.27. The number of ether oxygens (including phenoxy) is 2. The van der Waals surface area contributed by atoms with Crippen molar-refractivity contribution in [1.82, 2.24) is 14.5 Å². The number of carbonyl (C=O) groups is 1. The topological polar surface area (TPSA) is 94.6 Å². The van der Waals surface area contributed by atoms with Gasteiger partial charge in [0.05, 0.1) is 12.6 Å². The Morgan fingerprint density at radius 3 is 2.53 bits per heavy atom. The molecule has 36 heavy (non-hydrogen) atoms. The Hall–Kier alpha value is -4.30. The van der Waals surface area contributed by atoms with E-state index in [4.69, 9.17) is 20.2 Å². The van der Waals surface area contributed by atoms with Crippen LogP contribution < -0.4 is 20.5 Å². The van der Waals surface area contributed by atoms with Crippen molar-refractivity contribution in [2.24, 2.45) is 5.73 Å². The van der Waals surface area contributed by atoms with Gasteiger partial charge in [0.1, 0.15) is 17.3 Å². The van der Waals surface area contributed by atoms with Crippen LogP contribution in [-0.2, 0) is 24.3 Å². The van der Waals surface area contributed by atoms with Crippen molar-refractivity contribution in [3.05, 3.63) is 90.3 Å². The largest absolute Gasteiger partial charge is 0.454 e. The summed E-state index contributed by atoms with van der Waals surface area (Å²) in [6.45, 7) is 1.82. The summed E-state index contributed by atoms with van der Waals surface area (Å²) < 4.78 is 13.2. The van der Waals surface area contributed by atoms with Gasteiger partial charge in [-0.05, 0) is 24.1 Å². The first-order chi connectivity index (χ1) is 17.7. The van der Waals surface area contributed by atoms with Crippen molar-refractivity contribution in [3.8, 4) is 22.8 Å². The molecule has 2 aliphatic heterocycles. The van der Waals surface area contributed by atoms with Crippen LogP contribution in [0.2, 0.25) is 0 Å². The number of benzene rings is 3. The average molecular weight is 482 g/mol. The second kappa shape index (κ2) is 9.39. The lowest BCUT2D eigenvalue weighted by atomic mass is 10.1. The SMILES string of the molecule is NC(Cc1ccccc1)C(=O)N1CCn2c(nc(-c3ccccc3)c2Nc2ccc3c(c2)OCO3)C1. The van der Waals surface area contributed by atoms with Crippen molar-refractivity contribution in [2.45, 2.75) is 25.6 Å². The minimum absolute atomic E-state index is 0.0559. The number of hydrogen-bond donors (Lipinski definition) is 2. The maximum atomic E-state index is 13.2. The van der Waals surface area contributed by atoms with Gasteiger partial charge >= 0.3 is 0 Å². The Bertz CT molecular complexity index is 1390. The zero-order valence-corrected chi connectivity index (χ0v) is 19.8. The average Bonchev–Trinajstić information content (AvgIpc) is 3.53. The summed E-state index contributed by atoms with van der Waals surface area (Å²) in [7, 11) is 0. The first-order valence-corrected chi connectivity index (χ1v) is 12.1. The van der Waals surface area contributed by atoms with Crippen LogP contribution in [0, 0.1) is 0 Å². The summed E-state index contributed by atoms with van der Waals surface area (Å²) in [5.41, 5.74) is 10.1. The van der Waals surface area contributed by atoms with Gasteiger partial charge in [-0.25, -0.2) is 4.98 Å².